The van der Waals surface area contributed by atoms with Crippen molar-refractivity contribution in [3.05, 3.63) is 53.6 Å². The smallest absolute Gasteiger partial charge is 0.146 e. The highest BCUT2D eigenvalue weighted by Crippen LogP contribution is 2.27. The first-order valence-electron chi connectivity index (χ1n) is 6.64. The molecule has 0 aliphatic heterocycles. The van der Waals surface area contributed by atoms with Gasteiger partial charge in [0.05, 0.1) is 12.7 Å². The molecule has 1 aromatic rings. The summed E-state index contributed by atoms with van der Waals surface area (Å²) < 4.78 is 5.70. The van der Waals surface area contributed by atoms with E-state index in [2.05, 4.69) is 12.6 Å². The molecular weight excluding hydrogens is 270 g/mol. The van der Waals surface area contributed by atoms with Gasteiger partial charge < -0.3 is 10.5 Å². The Morgan fingerprint density at radius 2 is 2.15 bits per heavy atom. The summed E-state index contributed by atoms with van der Waals surface area (Å²) in [6, 6.07) is 9.82. The lowest BCUT2D eigenvalue weighted by Crippen LogP contribution is -2.30. The van der Waals surface area contributed by atoms with E-state index in [-0.39, 0.29) is 12.1 Å². The van der Waals surface area contributed by atoms with Crippen molar-refractivity contribution < 1.29 is 9.53 Å². The molecule has 4 heteroatoms. The number of thiol groups is 1. The third-order valence-corrected chi connectivity index (χ3v) is 3.70. The predicted octanol–water partition coefficient (Wildman–Crippen LogP) is 2.24. The summed E-state index contributed by atoms with van der Waals surface area (Å²) in [7, 11) is 0. The molecule has 0 bridgehead atoms. The van der Waals surface area contributed by atoms with Crippen molar-refractivity contribution >= 4 is 24.5 Å². The molecule has 0 heterocycles. The second kappa shape index (κ2) is 7.43. The van der Waals surface area contributed by atoms with Crippen molar-refractivity contribution in [1.29, 1.82) is 0 Å². The maximum Gasteiger partial charge on any atom is 0.146 e. The minimum atomic E-state index is -0.0893. The van der Waals surface area contributed by atoms with E-state index in [4.69, 9.17) is 10.5 Å². The summed E-state index contributed by atoms with van der Waals surface area (Å²) in [6.45, 7) is 0.450. The van der Waals surface area contributed by atoms with Gasteiger partial charge in [0, 0.05) is 23.8 Å². The second-order valence-corrected chi connectivity index (χ2v) is 5.17. The lowest BCUT2D eigenvalue weighted by molar-refractivity contribution is -0.105. The van der Waals surface area contributed by atoms with Crippen molar-refractivity contribution in [2.75, 3.05) is 12.4 Å². The fraction of sp³-hybridized carbons (Fsp3) is 0.312. The largest absolute Gasteiger partial charge is 0.372 e. The predicted molar refractivity (Wildman–Crippen MR) is 84.8 cm³/mol. The van der Waals surface area contributed by atoms with E-state index in [0.717, 1.165) is 23.0 Å². The minimum absolute atomic E-state index is 0.0779. The molecule has 0 fully saturated rings. The van der Waals surface area contributed by atoms with Crippen LogP contribution in [0.2, 0.25) is 0 Å². The molecule has 20 heavy (non-hydrogen) atoms. The Morgan fingerprint density at radius 3 is 2.80 bits per heavy atom. The van der Waals surface area contributed by atoms with E-state index < -0.39 is 0 Å². The molecule has 1 aromatic carbocycles. The van der Waals surface area contributed by atoms with Crippen LogP contribution in [-0.4, -0.2) is 30.8 Å². The standard InChI is InChI=1S/C16H19NO2S/c17-14(11-20)10-19-15-6-7-16(13(8-15)9-18)12-4-2-1-3-5-12/h1-7,9,14-15,20H,8,10-11,17H2. The molecule has 1 aliphatic carbocycles. The van der Waals surface area contributed by atoms with E-state index in [9.17, 15) is 4.79 Å². The maximum absolute atomic E-state index is 11.3. The van der Waals surface area contributed by atoms with Gasteiger partial charge in [-0.1, -0.05) is 42.5 Å². The number of aldehydes is 1. The highest BCUT2D eigenvalue weighted by atomic mass is 32.1. The van der Waals surface area contributed by atoms with Gasteiger partial charge in [-0.25, -0.2) is 0 Å². The molecule has 0 aromatic heterocycles. The van der Waals surface area contributed by atoms with E-state index in [1.807, 2.05) is 42.5 Å². The van der Waals surface area contributed by atoms with Crippen molar-refractivity contribution in [2.24, 2.45) is 5.73 Å². The quantitative estimate of drug-likeness (QED) is 0.624. The first kappa shape index (κ1) is 15.0. The molecule has 0 radical (unpaired) electrons. The van der Waals surface area contributed by atoms with Crippen LogP contribution in [0.4, 0.5) is 0 Å². The minimum Gasteiger partial charge on any atom is -0.372 e. The molecular formula is C16H19NO2S. The van der Waals surface area contributed by atoms with Crippen LogP contribution >= 0.6 is 12.6 Å². The third-order valence-electron chi connectivity index (χ3n) is 3.23. The molecule has 0 saturated carbocycles. The number of hydrogen-bond donors (Lipinski definition) is 2. The molecule has 0 saturated heterocycles. The van der Waals surface area contributed by atoms with Crippen LogP contribution in [0.3, 0.4) is 0 Å². The topological polar surface area (TPSA) is 52.3 Å². The van der Waals surface area contributed by atoms with Gasteiger partial charge in [0.1, 0.15) is 6.29 Å². The normalized spacial score (nSPS) is 20.0. The van der Waals surface area contributed by atoms with Gasteiger partial charge in [-0.2, -0.15) is 12.6 Å². The number of carbonyl (C=O) groups excluding carboxylic acids is 1. The van der Waals surface area contributed by atoms with Crippen LogP contribution in [0.15, 0.2) is 48.1 Å². The lowest BCUT2D eigenvalue weighted by atomic mass is 9.92. The lowest BCUT2D eigenvalue weighted by Gasteiger charge is -2.21. The number of carbonyl (C=O) groups is 1. The summed E-state index contributed by atoms with van der Waals surface area (Å²) >= 11 is 4.12. The molecule has 106 valence electrons. The fourth-order valence-electron chi connectivity index (χ4n) is 2.13. The molecule has 0 amide bonds. The van der Waals surface area contributed by atoms with E-state index in [1.54, 1.807) is 0 Å². The summed E-state index contributed by atoms with van der Waals surface area (Å²) in [4.78, 5) is 11.3. The fourth-order valence-corrected chi connectivity index (χ4v) is 2.24. The van der Waals surface area contributed by atoms with Gasteiger partial charge in [0.25, 0.3) is 0 Å². The highest BCUT2D eigenvalue weighted by Gasteiger charge is 2.18. The van der Waals surface area contributed by atoms with E-state index >= 15 is 0 Å². The first-order chi connectivity index (χ1) is 9.74. The van der Waals surface area contributed by atoms with Gasteiger partial charge in [-0.3, -0.25) is 4.79 Å². The average Bonchev–Trinajstić information content (AvgIpc) is 2.53. The van der Waals surface area contributed by atoms with Crippen molar-refractivity contribution in [3.8, 4) is 0 Å². The average molecular weight is 289 g/mol. The zero-order valence-corrected chi connectivity index (χ0v) is 12.1. The summed E-state index contributed by atoms with van der Waals surface area (Å²) in [5.41, 5.74) is 8.56. The maximum atomic E-state index is 11.3. The Kier molecular flexibility index (Phi) is 5.59. The van der Waals surface area contributed by atoms with E-state index in [1.165, 1.54) is 0 Å². The number of allylic oxidation sites excluding steroid dienone is 2. The molecule has 2 N–H and O–H groups in total. The molecule has 1 aliphatic rings. The highest BCUT2D eigenvalue weighted by molar-refractivity contribution is 7.80. The second-order valence-electron chi connectivity index (χ2n) is 4.80. The van der Waals surface area contributed by atoms with Crippen LogP contribution < -0.4 is 5.73 Å². The zero-order valence-electron chi connectivity index (χ0n) is 11.2. The third kappa shape index (κ3) is 3.82. The van der Waals surface area contributed by atoms with Gasteiger partial charge in [0.15, 0.2) is 0 Å². The Bertz CT molecular complexity index is 510. The van der Waals surface area contributed by atoms with Crippen LogP contribution in [0.1, 0.15) is 12.0 Å². The van der Waals surface area contributed by atoms with Gasteiger partial charge in [-0.15, -0.1) is 0 Å². The molecule has 2 atom stereocenters. The Hall–Kier alpha value is -1.36. The SMILES string of the molecule is NC(CS)COC1C=CC(c2ccccc2)=C(C=O)C1. The van der Waals surface area contributed by atoms with Gasteiger partial charge >= 0.3 is 0 Å². The number of rotatable bonds is 6. The summed E-state index contributed by atoms with van der Waals surface area (Å²) in [5, 5.41) is 0. The van der Waals surface area contributed by atoms with Crippen LogP contribution in [0, 0.1) is 0 Å². The van der Waals surface area contributed by atoms with Crippen molar-refractivity contribution in [1.82, 2.24) is 0 Å². The molecule has 2 unspecified atom stereocenters. The van der Waals surface area contributed by atoms with Crippen molar-refractivity contribution in [3.63, 3.8) is 0 Å². The van der Waals surface area contributed by atoms with Crippen LogP contribution in [0.5, 0.6) is 0 Å². The Labute approximate surface area is 124 Å². The monoisotopic (exact) mass is 289 g/mol. The number of hydrogen-bond acceptors (Lipinski definition) is 4. The molecule has 3 nitrogen and oxygen atoms in total. The Balaban J connectivity index is 2.07. The number of nitrogens with two attached hydrogens (primary N) is 1. The molecule has 0 spiro atoms. The van der Waals surface area contributed by atoms with Crippen molar-refractivity contribution in [2.45, 2.75) is 18.6 Å². The number of benzene rings is 1. The van der Waals surface area contributed by atoms with Crippen LogP contribution in [0.25, 0.3) is 5.57 Å². The summed E-state index contributed by atoms with van der Waals surface area (Å²) in [6.07, 6.45) is 5.36. The van der Waals surface area contributed by atoms with Crippen LogP contribution in [-0.2, 0) is 9.53 Å². The Morgan fingerprint density at radius 1 is 1.40 bits per heavy atom. The number of ether oxygens (including phenoxy) is 1. The molecule has 2 rings (SSSR count). The van der Waals surface area contributed by atoms with E-state index in [0.29, 0.717) is 18.8 Å². The zero-order chi connectivity index (χ0) is 14.4. The van der Waals surface area contributed by atoms with Gasteiger partial charge in [-0.05, 0) is 11.1 Å². The van der Waals surface area contributed by atoms with Gasteiger partial charge in [0.2, 0.25) is 0 Å². The summed E-state index contributed by atoms with van der Waals surface area (Å²) in [5.74, 6) is 0.585. The first-order valence-corrected chi connectivity index (χ1v) is 7.28.